The number of hydrogen-bond donors (Lipinski definition) is 1. The maximum absolute atomic E-state index is 5.34. The molecule has 1 aromatic heterocycles. The van der Waals surface area contributed by atoms with E-state index in [9.17, 15) is 0 Å². The van der Waals surface area contributed by atoms with Gasteiger partial charge in [-0.1, -0.05) is 18.2 Å². The number of nitrogens with zero attached hydrogens (tertiary/aromatic N) is 2. The Kier molecular flexibility index (Phi) is 4.10. The summed E-state index contributed by atoms with van der Waals surface area (Å²) in [6.07, 6.45) is 2.06. The number of anilines is 1. The van der Waals surface area contributed by atoms with Crippen LogP contribution in [0.2, 0.25) is 0 Å². The largest absolute Gasteiger partial charge is 0.496 e. The van der Waals surface area contributed by atoms with Crippen molar-refractivity contribution >= 4 is 5.82 Å². The van der Waals surface area contributed by atoms with Gasteiger partial charge >= 0.3 is 0 Å². The fraction of sp³-hybridized carbons (Fsp3) is 0.400. The smallest absolute Gasteiger partial charge is 0.151 e. The number of para-hydroxylation sites is 1. The molecule has 0 spiro atoms. The second kappa shape index (κ2) is 5.78. The summed E-state index contributed by atoms with van der Waals surface area (Å²) in [4.78, 5) is 0. The lowest BCUT2D eigenvalue weighted by molar-refractivity contribution is 0.410. The Morgan fingerprint density at radius 3 is 2.68 bits per heavy atom. The summed E-state index contributed by atoms with van der Waals surface area (Å²) in [5.74, 6) is 1.83. The minimum absolute atomic E-state index is 0.375. The molecule has 2 aromatic rings. The lowest BCUT2D eigenvalue weighted by Gasteiger charge is -2.09. The van der Waals surface area contributed by atoms with Gasteiger partial charge in [0.1, 0.15) is 5.75 Å². The Labute approximate surface area is 114 Å². The molecule has 0 saturated carbocycles. The minimum Gasteiger partial charge on any atom is -0.496 e. The molecule has 0 aliphatic carbocycles. The van der Waals surface area contributed by atoms with E-state index in [1.54, 1.807) is 7.11 Å². The van der Waals surface area contributed by atoms with Crippen molar-refractivity contribution in [1.29, 1.82) is 0 Å². The van der Waals surface area contributed by atoms with Crippen molar-refractivity contribution in [3.63, 3.8) is 0 Å². The first-order valence-corrected chi connectivity index (χ1v) is 6.53. The van der Waals surface area contributed by atoms with Gasteiger partial charge < -0.3 is 10.1 Å². The number of methoxy groups -OCH3 is 1. The van der Waals surface area contributed by atoms with Gasteiger partial charge in [0.25, 0.3) is 0 Å². The zero-order valence-corrected chi connectivity index (χ0v) is 12.0. The Bertz CT molecular complexity index is 546. The molecule has 0 saturated heterocycles. The molecule has 2 rings (SSSR count). The first-order valence-electron chi connectivity index (χ1n) is 6.53. The van der Waals surface area contributed by atoms with Gasteiger partial charge in [-0.05, 0) is 26.8 Å². The minimum atomic E-state index is 0.375. The van der Waals surface area contributed by atoms with Gasteiger partial charge in [0.2, 0.25) is 0 Å². The molecule has 0 aliphatic heterocycles. The van der Waals surface area contributed by atoms with Gasteiger partial charge in [-0.2, -0.15) is 5.10 Å². The second-order valence-electron chi connectivity index (χ2n) is 4.90. The van der Waals surface area contributed by atoms with Crippen molar-refractivity contribution in [2.24, 2.45) is 0 Å². The zero-order chi connectivity index (χ0) is 13.8. The standard InChI is InChI=1S/C15H21N3O/c1-11(2)18-10-12(3)15(17-18)16-9-13-7-5-6-8-14(13)19-4/h5-8,10-11H,9H2,1-4H3,(H,16,17). The molecule has 1 aromatic carbocycles. The fourth-order valence-corrected chi connectivity index (χ4v) is 1.95. The van der Waals surface area contributed by atoms with Crippen molar-refractivity contribution in [3.8, 4) is 5.75 Å². The maximum atomic E-state index is 5.34. The van der Waals surface area contributed by atoms with E-state index in [1.807, 2.05) is 22.9 Å². The van der Waals surface area contributed by atoms with Crippen LogP contribution in [0.5, 0.6) is 5.75 Å². The summed E-state index contributed by atoms with van der Waals surface area (Å²) in [7, 11) is 1.69. The highest BCUT2D eigenvalue weighted by Gasteiger charge is 2.08. The summed E-state index contributed by atoms with van der Waals surface area (Å²) >= 11 is 0. The van der Waals surface area contributed by atoms with Gasteiger partial charge in [-0.15, -0.1) is 0 Å². The van der Waals surface area contributed by atoms with E-state index in [2.05, 4.69) is 43.4 Å². The van der Waals surface area contributed by atoms with Crippen molar-refractivity contribution in [2.45, 2.75) is 33.4 Å². The highest BCUT2D eigenvalue weighted by Crippen LogP contribution is 2.20. The molecular weight excluding hydrogens is 238 g/mol. The first kappa shape index (κ1) is 13.5. The molecule has 0 amide bonds. The van der Waals surface area contributed by atoms with E-state index in [0.29, 0.717) is 12.6 Å². The molecule has 1 heterocycles. The number of rotatable bonds is 5. The van der Waals surface area contributed by atoms with E-state index in [1.165, 1.54) is 0 Å². The van der Waals surface area contributed by atoms with Crippen LogP contribution in [0.3, 0.4) is 0 Å². The number of ether oxygens (including phenoxy) is 1. The molecular formula is C15H21N3O. The van der Waals surface area contributed by atoms with Gasteiger partial charge in [-0.3, -0.25) is 4.68 Å². The Morgan fingerprint density at radius 1 is 1.32 bits per heavy atom. The lowest BCUT2D eigenvalue weighted by atomic mass is 10.2. The summed E-state index contributed by atoms with van der Waals surface area (Å²) in [6.45, 7) is 7.02. The number of aryl methyl sites for hydroxylation is 1. The number of benzene rings is 1. The van der Waals surface area contributed by atoms with Crippen LogP contribution >= 0.6 is 0 Å². The third-order valence-corrected chi connectivity index (χ3v) is 3.08. The summed E-state index contributed by atoms with van der Waals surface area (Å²) in [5, 5.41) is 7.91. The lowest BCUT2D eigenvalue weighted by Crippen LogP contribution is -2.05. The zero-order valence-electron chi connectivity index (χ0n) is 12.0. The first-order chi connectivity index (χ1) is 9.11. The number of nitrogens with one attached hydrogen (secondary N) is 1. The Balaban J connectivity index is 2.10. The summed E-state index contributed by atoms with van der Waals surface area (Å²) in [5.41, 5.74) is 2.28. The molecule has 0 atom stereocenters. The number of hydrogen-bond acceptors (Lipinski definition) is 3. The van der Waals surface area contributed by atoms with Gasteiger partial charge in [0, 0.05) is 29.9 Å². The van der Waals surface area contributed by atoms with E-state index < -0.39 is 0 Å². The summed E-state index contributed by atoms with van der Waals surface area (Å²) < 4.78 is 7.31. The second-order valence-corrected chi connectivity index (χ2v) is 4.90. The molecule has 0 aliphatic rings. The molecule has 0 unspecified atom stereocenters. The van der Waals surface area contributed by atoms with E-state index >= 15 is 0 Å². The Morgan fingerprint density at radius 2 is 2.05 bits per heavy atom. The average Bonchev–Trinajstić information content (AvgIpc) is 2.78. The van der Waals surface area contributed by atoms with Gasteiger partial charge in [0.05, 0.1) is 7.11 Å². The van der Waals surface area contributed by atoms with E-state index in [0.717, 1.165) is 22.7 Å². The van der Waals surface area contributed by atoms with Crippen LogP contribution in [0.25, 0.3) is 0 Å². The van der Waals surface area contributed by atoms with Crippen molar-refractivity contribution in [1.82, 2.24) is 9.78 Å². The van der Waals surface area contributed by atoms with Crippen LogP contribution in [-0.4, -0.2) is 16.9 Å². The predicted octanol–water partition coefficient (Wildman–Crippen LogP) is 3.39. The topological polar surface area (TPSA) is 39.1 Å². The highest BCUT2D eigenvalue weighted by molar-refractivity contribution is 5.44. The van der Waals surface area contributed by atoms with E-state index in [4.69, 9.17) is 4.74 Å². The van der Waals surface area contributed by atoms with Crippen LogP contribution in [0.15, 0.2) is 30.5 Å². The molecule has 0 radical (unpaired) electrons. The summed E-state index contributed by atoms with van der Waals surface area (Å²) in [6, 6.07) is 8.39. The molecule has 4 nitrogen and oxygen atoms in total. The van der Waals surface area contributed by atoms with E-state index in [-0.39, 0.29) is 0 Å². The monoisotopic (exact) mass is 259 g/mol. The predicted molar refractivity (Wildman–Crippen MR) is 77.7 cm³/mol. The van der Waals surface area contributed by atoms with Crippen molar-refractivity contribution in [2.75, 3.05) is 12.4 Å². The SMILES string of the molecule is COc1ccccc1CNc1nn(C(C)C)cc1C. The average molecular weight is 259 g/mol. The third kappa shape index (κ3) is 3.08. The van der Waals surface area contributed by atoms with Crippen molar-refractivity contribution in [3.05, 3.63) is 41.6 Å². The maximum Gasteiger partial charge on any atom is 0.151 e. The normalized spacial score (nSPS) is 10.8. The molecule has 1 N–H and O–H groups in total. The number of aromatic nitrogens is 2. The van der Waals surface area contributed by atoms with Gasteiger partial charge in [0.15, 0.2) is 5.82 Å². The van der Waals surface area contributed by atoms with Crippen LogP contribution < -0.4 is 10.1 Å². The van der Waals surface area contributed by atoms with Crippen LogP contribution in [-0.2, 0) is 6.54 Å². The van der Waals surface area contributed by atoms with Crippen LogP contribution in [0.1, 0.15) is 31.0 Å². The van der Waals surface area contributed by atoms with Crippen LogP contribution in [0.4, 0.5) is 5.82 Å². The van der Waals surface area contributed by atoms with Crippen LogP contribution in [0, 0.1) is 6.92 Å². The molecule has 0 fully saturated rings. The quantitative estimate of drug-likeness (QED) is 0.894. The Hall–Kier alpha value is -1.97. The molecule has 0 bridgehead atoms. The van der Waals surface area contributed by atoms with Crippen molar-refractivity contribution < 1.29 is 4.74 Å². The fourth-order valence-electron chi connectivity index (χ4n) is 1.95. The molecule has 4 heteroatoms. The third-order valence-electron chi connectivity index (χ3n) is 3.08. The molecule has 19 heavy (non-hydrogen) atoms. The highest BCUT2D eigenvalue weighted by atomic mass is 16.5. The molecule has 102 valence electrons. The van der Waals surface area contributed by atoms with Gasteiger partial charge in [-0.25, -0.2) is 0 Å².